The third-order valence-electron chi connectivity index (χ3n) is 2.38. The molecule has 1 nitrogen and oxygen atoms in total. The lowest BCUT2D eigenvalue weighted by Gasteiger charge is -2.14. The van der Waals surface area contributed by atoms with Crippen molar-refractivity contribution < 1.29 is 5.11 Å². The Balaban J connectivity index is 2.99. The fourth-order valence-electron chi connectivity index (χ4n) is 1.54. The first-order chi connectivity index (χ1) is 6.19. The maximum Gasteiger partial charge on any atom is 0.0499 e. The Labute approximate surface area is 87.9 Å². The Kier molecular flexibility index (Phi) is 3.94. The van der Waals surface area contributed by atoms with Crippen LogP contribution < -0.4 is 0 Å². The molecule has 0 saturated heterocycles. The van der Waals surface area contributed by atoms with Gasteiger partial charge >= 0.3 is 0 Å². The number of halogens is 1. The Hall–Kier alpha value is -0.340. The van der Waals surface area contributed by atoms with E-state index >= 15 is 0 Å². The molecule has 0 unspecified atom stereocenters. The number of aryl methyl sites for hydroxylation is 1. The van der Waals surface area contributed by atoms with Crippen LogP contribution in [0.4, 0.5) is 0 Å². The summed E-state index contributed by atoms with van der Waals surface area (Å²) in [5.74, 6) is 0.285. The van der Waals surface area contributed by atoms with E-state index in [9.17, 15) is 0 Å². The highest BCUT2D eigenvalue weighted by Crippen LogP contribution is 2.24. The molecule has 0 heterocycles. The largest absolute Gasteiger partial charge is 0.396 e. The van der Waals surface area contributed by atoms with Gasteiger partial charge in [0.15, 0.2) is 0 Å². The smallest absolute Gasteiger partial charge is 0.0499 e. The summed E-state index contributed by atoms with van der Waals surface area (Å²) >= 11 is 3.43. The second-order valence-electron chi connectivity index (χ2n) is 3.29. The van der Waals surface area contributed by atoms with Gasteiger partial charge in [0.2, 0.25) is 0 Å². The number of aliphatic hydroxyl groups excluding tert-OH is 1. The highest BCUT2D eigenvalue weighted by atomic mass is 79.9. The van der Waals surface area contributed by atoms with E-state index in [0.29, 0.717) is 0 Å². The molecule has 13 heavy (non-hydrogen) atoms. The molecule has 1 aromatic carbocycles. The highest BCUT2D eigenvalue weighted by Gasteiger charge is 2.10. The Morgan fingerprint density at radius 2 is 2.15 bits per heavy atom. The summed E-state index contributed by atoms with van der Waals surface area (Å²) < 4.78 is 1.10. The maximum atomic E-state index is 9.16. The van der Waals surface area contributed by atoms with Gasteiger partial charge in [0.05, 0.1) is 0 Å². The van der Waals surface area contributed by atoms with Crippen LogP contribution in [0.5, 0.6) is 0 Å². The molecule has 0 aliphatic heterocycles. The van der Waals surface area contributed by atoms with Crippen molar-refractivity contribution in [1.82, 2.24) is 0 Å². The monoisotopic (exact) mass is 242 g/mol. The van der Waals surface area contributed by atoms with Gasteiger partial charge in [-0.25, -0.2) is 0 Å². The van der Waals surface area contributed by atoms with Crippen LogP contribution in [0.25, 0.3) is 0 Å². The molecule has 0 aromatic heterocycles. The first-order valence-corrected chi connectivity index (χ1v) is 5.35. The van der Waals surface area contributed by atoms with Crippen LogP contribution in [0.1, 0.15) is 30.4 Å². The number of hydrogen-bond donors (Lipinski definition) is 1. The highest BCUT2D eigenvalue weighted by molar-refractivity contribution is 9.10. The van der Waals surface area contributed by atoms with Crippen molar-refractivity contribution in [2.24, 2.45) is 0 Å². The van der Waals surface area contributed by atoms with E-state index < -0.39 is 0 Å². The average molecular weight is 243 g/mol. The first-order valence-electron chi connectivity index (χ1n) is 4.56. The summed E-state index contributed by atoms with van der Waals surface area (Å²) in [7, 11) is 0. The molecular weight excluding hydrogens is 228 g/mol. The minimum atomic E-state index is 0.235. The standard InChI is InChI=1S/C11H15BrO/c1-3-9(7-13)11-5-4-10(12)6-8(11)2/h4-6,9,13H,3,7H2,1-2H3/t9-/m1/s1. The Bertz CT molecular complexity index is 279. The number of benzene rings is 1. The maximum absolute atomic E-state index is 9.16. The molecule has 0 amide bonds. The van der Waals surface area contributed by atoms with Crippen molar-refractivity contribution in [3.05, 3.63) is 33.8 Å². The van der Waals surface area contributed by atoms with Crippen LogP contribution in [-0.4, -0.2) is 11.7 Å². The summed E-state index contributed by atoms with van der Waals surface area (Å²) in [5.41, 5.74) is 2.50. The molecule has 1 rings (SSSR count). The molecule has 0 radical (unpaired) electrons. The quantitative estimate of drug-likeness (QED) is 0.863. The van der Waals surface area contributed by atoms with Gasteiger partial charge in [-0.3, -0.25) is 0 Å². The van der Waals surface area contributed by atoms with Gasteiger partial charge in [0, 0.05) is 17.0 Å². The minimum Gasteiger partial charge on any atom is -0.396 e. The molecular formula is C11H15BrO. The summed E-state index contributed by atoms with van der Waals surface area (Å²) in [6.07, 6.45) is 0.985. The molecule has 1 aromatic rings. The normalized spacial score (nSPS) is 12.9. The molecule has 0 aliphatic carbocycles. The second-order valence-corrected chi connectivity index (χ2v) is 4.20. The van der Waals surface area contributed by atoms with E-state index in [2.05, 4.69) is 41.9 Å². The first kappa shape index (κ1) is 10.7. The SMILES string of the molecule is CC[C@H](CO)c1ccc(Br)cc1C. The van der Waals surface area contributed by atoms with Crippen LogP contribution in [0.2, 0.25) is 0 Å². The van der Waals surface area contributed by atoms with Gasteiger partial charge in [-0.15, -0.1) is 0 Å². The van der Waals surface area contributed by atoms with Crippen LogP contribution in [0.3, 0.4) is 0 Å². The van der Waals surface area contributed by atoms with Gasteiger partial charge in [-0.05, 0) is 36.6 Å². The predicted octanol–water partition coefficient (Wildman–Crippen LogP) is 3.24. The van der Waals surface area contributed by atoms with Crippen LogP contribution >= 0.6 is 15.9 Å². The van der Waals surface area contributed by atoms with Gasteiger partial charge in [-0.1, -0.05) is 28.9 Å². The summed E-state index contributed by atoms with van der Waals surface area (Å²) in [6, 6.07) is 6.21. The lowest BCUT2D eigenvalue weighted by molar-refractivity contribution is 0.262. The average Bonchev–Trinajstić information content (AvgIpc) is 2.10. The number of rotatable bonds is 3. The van der Waals surface area contributed by atoms with E-state index in [4.69, 9.17) is 5.11 Å². The van der Waals surface area contributed by atoms with Gasteiger partial charge in [0.1, 0.15) is 0 Å². The van der Waals surface area contributed by atoms with E-state index in [1.807, 2.05) is 6.07 Å². The second kappa shape index (κ2) is 4.77. The number of aliphatic hydroxyl groups is 1. The summed E-state index contributed by atoms with van der Waals surface area (Å²) in [6.45, 7) is 4.42. The van der Waals surface area contributed by atoms with Gasteiger partial charge in [0.25, 0.3) is 0 Å². The number of hydrogen-bond acceptors (Lipinski definition) is 1. The van der Waals surface area contributed by atoms with Crippen molar-refractivity contribution in [3.8, 4) is 0 Å². The molecule has 2 heteroatoms. The zero-order valence-corrected chi connectivity index (χ0v) is 9.63. The van der Waals surface area contributed by atoms with Crippen molar-refractivity contribution in [3.63, 3.8) is 0 Å². The Morgan fingerprint density at radius 1 is 1.46 bits per heavy atom. The van der Waals surface area contributed by atoms with E-state index in [-0.39, 0.29) is 12.5 Å². The summed E-state index contributed by atoms with van der Waals surface area (Å²) in [4.78, 5) is 0. The predicted molar refractivity (Wildman–Crippen MR) is 59.0 cm³/mol. The van der Waals surface area contributed by atoms with Crippen molar-refractivity contribution in [2.45, 2.75) is 26.2 Å². The van der Waals surface area contributed by atoms with Crippen molar-refractivity contribution >= 4 is 15.9 Å². The van der Waals surface area contributed by atoms with E-state index in [1.54, 1.807) is 0 Å². The molecule has 0 fully saturated rings. The van der Waals surface area contributed by atoms with E-state index in [0.717, 1.165) is 10.9 Å². The lowest BCUT2D eigenvalue weighted by Crippen LogP contribution is -2.04. The minimum absolute atomic E-state index is 0.235. The molecule has 1 N–H and O–H groups in total. The van der Waals surface area contributed by atoms with E-state index in [1.165, 1.54) is 11.1 Å². The topological polar surface area (TPSA) is 20.2 Å². The van der Waals surface area contributed by atoms with Crippen molar-refractivity contribution in [1.29, 1.82) is 0 Å². The molecule has 72 valence electrons. The third kappa shape index (κ3) is 2.55. The zero-order chi connectivity index (χ0) is 9.84. The van der Waals surface area contributed by atoms with Crippen LogP contribution in [0.15, 0.2) is 22.7 Å². The van der Waals surface area contributed by atoms with Crippen LogP contribution in [0, 0.1) is 6.92 Å². The molecule has 1 atom stereocenters. The van der Waals surface area contributed by atoms with Crippen molar-refractivity contribution in [2.75, 3.05) is 6.61 Å². The fourth-order valence-corrected chi connectivity index (χ4v) is 2.02. The van der Waals surface area contributed by atoms with Crippen LogP contribution in [-0.2, 0) is 0 Å². The Morgan fingerprint density at radius 3 is 2.62 bits per heavy atom. The lowest BCUT2D eigenvalue weighted by atomic mass is 9.93. The molecule has 0 spiro atoms. The van der Waals surface area contributed by atoms with Gasteiger partial charge in [-0.2, -0.15) is 0 Å². The molecule has 0 bridgehead atoms. The van der Waals surface area contributed by atoms with Gasteiger partial charge < -0.3 is 5.11 Å². The zero-order valence-electron chi connectivity index (χ0n) is 8.05. The molecule has 0 saturated carbocycles. The third-order valence-corrected chi connectivity index (χ3v) is 2.88. The molecule has 0 aliphatic rings. The summed E-state index contributed by atoms with van der Waals surface area (Å²) in [5, 5.41) is 9.16. The fraction of sp³-hybridized carbons (Fsp3) is 0.455.